The van der Waals surface area contributed by atoms with Crippen molar-refractivity contribution < 1.29 is 9.47 Å². The Labute approximate surface area is 109 Å². The molecule has 0 aromatic heterocycles. The summed E-state index contributed by atoms with van der Waals surface area (Å²) in [5.41, 5.74) is 6.53. The zero-order valence-electron chi connectivity index (χ0n) is 11.2. The van der Waals surface area contributed by atoms with E-state index in [1.165, 1.54) is 0 Å². The number of piperidine rings is 1. The molecule has 0 unspecified atom stereocenters. The number of hydrogen-bond acceptors (Lipinski definition) is 4. The maximum atomic E-state index is 5.98. The average Bonchev–Trinajstić information content (AvgIpc) is 2.32. The molecule has 1 fully saturated rings. The molecule has 18 heavy (non-hydrogen) atoms. The van der Waals surface area contributed by atoms with Gasteiger partial charge < -0.3 is 20.1 Å². The molecule has 2 rings (SSSR count). The zero-order valence-corrected chi connectivity index (χ0v) is 11.2. The van der Waals surface area contributed by atoms with Crippen LogP contribution in [0.15, 0.2) is 18.2 Å². The Morgan fingerprint density at radius 2 is 1.89 bits per heavy atom. The molecule has 1 aromatic rings. The summed E-state index contributed by atoms with van der Waals surface area (Å²) >= 11 is 0. The van der Waals surface area contributed by atoms with E-state index in [0.717, 1.165) is 37.4 Å². The average molecular weight is 250 g/mol. The lowest BCUT2D eigenvalue weighted by Crippen LogP contribution is -2.35. The smallest absolute Gasteiger partial charge is 0.125 e. The molecule has 100 valence electrons. The molecule has 1 aliphatic heterocycles. The second-order valence-corrected chi connectivity index (χ2v) is 4.79. The molecule has 0 saturated carbocycles. The highest BCUT2D eigenvalue weighted by Crippen LogP contribution is 2.26. The normalized spacial score (nSPS) is 17.7. The predicted molar refractivity (Wildman–Crippen MR) is 73.2 cm³/mol. The number of ether oxygens (including phenoxy) is 2. The standard InChI is InChI=1S/C14H22N2O2/c1-3-17-13-8-11(15)9-14(10-13)18-12-4-6-16(2)7-5-12/h8-10,12H,3-7,15H2,1-2H3. The van der Waals surface area contributed by atoms with Crippen molar-refractivity contribution in [2.24, 2.45) is 0 Å². The number of nitrogens with zero attached hydrogens (tertiary/aromatic N) is 1. The molecule has 1 heterocycles. The summed E-state index contributed by atoms with van der Waals surface area (Å²) in [6.45, 7) is 4.77. The van der Waals surface area contributed by atoms with E-state index in [4.69, 9.17) is 15.2 Å². The van der Waals surface area contributed by atoms with Crippen molar-refractivity contribution in [2.75, 3.05) is 32.5 Å². The summed E-state index contributed by atoms with van der Waals surface area (Å²) in [5.74, 6) is 1.59. The summed E-state index contributed by atoms with van der Waals surface area (Å²) in [7, 11) is 2.14. The van der Waals surface area contributed by atoms with E-state index >= 15 is 0 Å². The Morgan fingerprint density at radius 3 is 2.56 bits per heavy atom. The van der Waals surface area contributed by atoms with Gasteiger partial charge >= 0.3 is 0 Å². The van der Waals surface area contributed by atoms with Crippen molar-refractivity contribution in [2.45, 2.75) is 25.9 Å². The van der Waals surface area contributed by atoms with Gasteiger partial charge in [0.05, 0.1) is 6.61 Å². The number of rotatable bonds is 4. The zero-order chi connectivity index (χ0) is 13.0. The maximum Gasteiger partial charge on any atom is 0.125 e. The molecule has 0 spiro atoms. The molecule has 0 radical (unpaired) electrons. The molecule has 4 nitrogen and oxygen atoms in total. The SMILES string of the molecule is CCOc1cc(N)cc(OC2CCN(C)CC2)c1. The molecular weight excluding hydrogens is 228 g/mol. The topological polar surface area (TPSA) is 47.7 Å². The van der Waals surface area contributed by atoms with Gasteiger partial charge in [-0.05, 0) is 26.8 Å². The quantitative estimate of drug-likeness (QED) is 0.832. The van der Waals surface area contributed by atoms with E-state index in [1.54, 1.807) is 0 Å². The van der Waals surface area contributed by atoms with Crippen LogP contribution in [0.5, 0.6) is 11.5 Å². The molecule has 2 N–H and O–H groups in total. The van der Waals surface area contributed by atoms with Gasteiger partial charge in [-0.25, -0.2) is 0 Å². The van der Waals surface area contributed by atoms with E-state index in [-0.39, 0.29) is 6.10 Å². The molecule has 0 amide bonds. The Hall–Kier alpha value is -1.42. The lowest BCUT2D eigenvalue weighted by molar-refractivity contribution is 0.114. The third-order valence-corrected chi connectivity index (χ3v) is 3.18. The number of nitrogen functional groups attached to an aromatic ring is 1. The minimum Gasteiger partial charge on any atom is -0.494 e. The Morgan fingerprint density at radius 1 is 1.22 bits per heavy atom. The van der Waals surface area contributed by atoms with Crippen molar-refractivity contribution in [1.82, 2.24) is 4.90 Å². The Kier molecular flexibility index (Phi) is 4.31. The molecule has 0 bridgehead atoms. The molecular formula is C14H22N2O2. The van der Waals surface area contributed by atoms with Crippen LogP contribution in [0.4, 0.5) is 5.69 Å². The van der Waals surface area contributed by atoms with Crippen LogP contribution in [0, 0.1) is 0 Å². The van der Waals surface area contributed by atoms with Crippen molar-refractivity contribution >= 4 is 5.69 Å². The summed E-state index contributed by atoms with van der Waals surface area (Å²) in [5, 5.41) is 0. The van der Waals surface area contributed by atoms with Crippen LogP contribution in [0.25, 0.3) is 0 Å². The lowest BCUT2D eigenvalue weighted by Gasteiger charge is -2.29. The summed E-state index contributed by atoms with van der Waals surface area (Å²) in [6.07, 6.45) is 2.42. The van der Waals surface area contributed by atoms with Crippen LogP contribution in [0.2, 0.25) is 0 Å². The van der Waals surface area contributed by atoms with Crippen molar-refractivity contribution in [3.8, 4) is 11.5 Å². The van der Waals surface area contributed by atoms with Gasteiger partial charge in [0.15, 0.2) is 0 Å². The van der Waals surface area contributed by atoms with Crippen LogP contribution >= 0.6 is 0 Å². The fraction of sp³-hybridized carbons (Fsp3) is 0.571. The van der Waals surface area contributed by atoms with Gasteiger partial charge in [-0.3, -0.25) is 0 Å². The number of nitrogens with two attached hydrogens (primary N) is 1. The number of benzene rings is 1. The molecule has 0 atom stereocenters. The first kappa shape index (κ1) is 13.0. The van der Waals surface area contributed by atoms with E-state index in [2.05, 4.69) is 11.9 Å². The summed E-state index contributed by atoms with van der Waals surface area (Å²) in [6, 6.07) is 5.60. The van der Waals surface area contributed by atoms with Crippen LogP contribution in [-0.4, -0.2) is 37.7 Å². The van der Waals surface area contributed by atoms with Gasteiger partial charge in [0.2, 0.25) is 0 Å². The van der Waals surface area contributed by atoms with Gasteiger partial charge in [0.1, 0.15) is 17.6 Å². The summed E-state index contributed by atoms with van der Waals surface area (Å²) < 4.78 is 11.5. The molecule has 0 aliphatic carbocycles. The molecule has 1 saturated heterocycles. The highest BCUT2D eigenvalue weighted by Gasteiger charge is 2.18. The third kappa shape index (κ3) is 3.53. The van der Waals surface area contributed by atoms with E-state index in [0.29, 0.717) is 12.3 Å². The van der Waals surface area contributed by atoms with Gasteiger partial charge in [-0.15, -0.1) is 0 Å². The monoisotopic (exact) mass is 250 g/mol. The first-order valence-corrected chi connectivity index (χ1v) is 6.56. The molecule has 4 heteroatoms. The van der Waals surface area contributed by atoms with Gasteiger partial charge in [0, 0.05) is 37.0 Å². The first-order valence-electron chi connectivity index (χ1n) is 6.56. The highest BCUT2D eigenvalue weighted by atomic mass is 16.5. The predicted octanol–water partition coefficient (Wildman–Crippen LogP) is 2.14. The van der Waals surface area contributed by atoms with E-state index < -0.39 is 0 Å². The minimum atomic E-state index is 0.289. The fourth-order valence-electron chi connectivity index (χ4n) is 2.21. The van der Waals surface area contributed by atoms with Gasteiger partial charge in [-0.2, -0.15) is 0 Å². The molecule has 1 aliphatic rings. The van der Waals surface area contributed by atoms with Crippen LogP contribution in [0.3, 0.4) is 0 Å². The van der Waals surface area contributed by atoms with Crippen LogP contribution in [-0.2, 0) is 0 Å². The number of anilines is 1. The third-order valence-electron chi connectivity index (χ3n) is 3.18. The second-order valence-electron chi connectivity index (χ2n) is 4.79. The van der Waals surface area contributed by atoms with Crippen molar-refractivity contribution in [1.29, 1.82) is 0 Å². The second kappa shape index (κ2) is 5.96. The lowest BCUT2D eigenvalue weighted by atomic mass is 10.1. The fourth-order valence-corrected chi connectivity index (χ4v) is 2.21. The highest BCUT2D eigenvalue weighted by molar-refractivity contribution is 5.50. The molecule has 1 aromatic carbocycles. The van der Waals surface area contributed by atoms with Gasteiger partial charge in [-0.1, -0.05) is 0 Å². The number of hydrogen-bond donors (Lipinski definition) is 1. The Bertz CT molecular complexity index is 387. The maximum absolute atomic E-state index is 5.98. The van der Waals surface area contributed by atoms with Crippen LogP contribution < -0.4 is 15.2 Å². The minimum absolute atomic E-state index is 0.289. The van der Waals surface area contributed by atoms with Crippen LogP contribution in [0.1, 0.15) is 19.8 Å². The first-order chi connectivity index (χ1) is 8.67. The van der Waals surface area contributed by atoms with Crippen molar-refractivity contribution in [3.63, 3.8) is 0 Å². The van der Waals surface area contributed by atoms with Crippen molar-refractivity contribution in [3.05, 3.63) is 18.2 Å². The Balaban J connectivity index is 2.00. The van der Waals surface area contributed by atoms with E-state index in [1.807, 2.05) is 25.1 Å². The van der Waals surface area contributed by atoms with Gasteiger partial charge in [0.25, 0.3) is 0 Å². The largest absolute Gasteiger partial charge is 0.494 e. The number of likely N-dealkylation sites (tertiary alicyclic amines) is 1. The van der Waals surface area contributed by atoms with E-state index in [9.17, 15) is 0 Å². The summed E-state index contributed by atoms with van der Waals surface area (Å²) in [4.78, 5) is 2.32.